The molecule has 0 aromatic rings. The molecule has 0 radical (unpaired) electrons. The molecule has 0 fully saturated rings. The molecule has 0 amide bonds. The number of nitrogens with zero attached hydrogens (tertiary/aromatic N) is 1. The second-order valence-corrected chi connectivity index (χ2v) is 1.73. The quantitative estimate of drug-likeness (QED) is 0.266. The molecule has 0 atom stereocenters. The van der Waals surface area contributed by atoms with Crippen molar-refractivity contribution in [1.82, 2.24) is 0 Å². The first kappa shape index (κ1) is 11.4. The number of hydrogen-bond donors (Lipinski definition) is 1. The summed E-state index contributed by atoms with van der Waals surface area (Å²) in [5, 5.41) is 7.43. The standard InChI is InChI=1S/HNO6S.Ni/c2-1(3)7-8(4,5)6;/h(H,4,5,6);. The molecule has 0 aliphatic rings. The molecule has 7 nitrogen and oxygen atoms in total. The van der Waals surface area contributed by atoms with Gasteiger partial charge in [0.2, 0.25) is 0 Å². The van der Waals surface area contributed by atoms with E-state index < -0.39 is 15.5 Å². The van der Waals surface area contributed by atoms with Crippen molar-refractivity contribution in [2.24, 2.45) is 0 Å². The van der Waals surface area contributed by atoms with Crippen LogP contribution in [0.15, 0.2) is 0 Å². The zero-order valence-corrected chi connectivity index (χ0v) is 5.46. The van der Waals surface area contributed by atoms with Gasteiger partial charge < -0.3 is 0 Å². The van der Waals surface area contributed by atoms with Crippen molar-refractivity contribution >= 4 is 10.4 Å². The minimum atomic E-state index is -4.92. The molecule has 1 N–H and O–H groups in total. The Hall–Kier alpha value is -0.396. The van der Waals surface area contributed by atoms with E-state index in [0.717, 1.165) is 0 Å². The van der Waals surface area contributed by atoms with Gasteiger partial charge in [-0.15, -0.1) is 10.1 Å². The van der Waals surface area contributed by atoms with E-state index in [-0.39, 0.29) is 16.5 Å². The van der Waals surface area contributed by atoms with Crippen LogP contribution in [0.2, 0.25) is 0 Å². The Morgan fingerprint density at radius 2 is 1.89 bits per heavy atom. The van der Waals surface area contributed by atoms with E-state index in [0.29, 0.717) is 0 Å². The second-order valence-electron chi connectivity index (χ2n) is 0.726. The van der Waals surface area contributed by atoms with Crippen molar-refractivity contribution in [3.63, 3.8) is 0 Å². The Kier molecular flexibility index (Phi) is 4.56. The number of hydrogen-bond acceptors (Lipinski definition) is 5. The van der Waals surface area contributed by atoms with E-state index in [9.17, 15) is 8.42 Å². The first-order valence-corrected chi connectivity index (χ1v) is 2.60. The Bertz CT molecular complexity index is 179. The fourth-order valence-electron chi connectivity index (χ4n) is 0.0769. The maximum absolute atomic E-state index is 9.33. The molecule has 0 aliphatic carbocycles. The molecule has 9 heavy (non-hydrogen) atoms. The summed E-state index contributed by atoms with van der Waals surface area (Å²) in [6, 6.07) is 0. The summed E-state index contributed by atoms with van der Waals surface area (Å²) in [5.74, 6) is 0. The van der Waals surface area contributed by atoms with Gasteiger partial charge in [0.05, 0.1) is 0 Å². The van der Waals surface area contributed by atoms with Crippen LogP contribution in [0, 0.1) is 10.1 Å². The molecule has 58 valence electrons. The first-order chi connectivity index (χ1) is 3.42. The molecule has 0 saturated carbocycles. The topological polar surface area (TPSA) is 107 Å². The van der Waals surface area contributed by atoms with Gasteiger partial charge >= 0.3 is 15.5 Å². The van der Waals surface area contributed by atoms with Crippen LogP contribution in [0.25, 0.3) is 0 Å². The molecule has 0 unspecified atom stereocenters. The van der Waals surface area contributed by atoms with Crippen molar-refractivity contribution in [1.29, 1.82) is 0 Å². The molecule has 0 spiro atoms. The molecule has 0 aliphatic heterocycles. The summed E-state index contributed by atoms with van der Waals surface area (Å²) >= 11 is 0. The monoisotopic (exact) mass is 201 g/mol. The van der Waals surface area contributed by atoms with Crippen LogP contribution in [0.3, 0.4) is 0 Å². The van der Waals surface area contributed by atoms with Crippen LogP contribution in [0.4, 0.5) is 0 Å². The van der Waals surface area contributed by atoms with E-state index in [1.54, 1.807) is 0 Å². The van der Waals surface area contributed by atoms with E-state index in [1.807, 2.05) is 0 Å². The Labute approximate surface area is 60.0 Å². The fraction of sp³-hybridized carbons (Fsp3) is 0. The maximum atomic E-state index is 9.33. The van der Waals surface area contributed by atoms with Crippen molar-refractivity contribution in [3.05, 3.63) is 10.1 Å². The van der Waals surface area contributed by atoms with Gasteiger partial charge in [-0.25, -0.2) is 0 Å². The van der Waals surface area contributed by atoms with E-state index in [2.05, 4.69) is 4.28 Å². The second kappa shape index (κ2) is 3.60. The van der Waals surface area contributed by atoms with Crippen molar-refractivity contribution < 1.29 is 38.8 Å². The summed E-state index contributed by atoms with van der Waals surface area (Å²) in [6.07, 6.45) is 0. The first-order valence-electron chi connectivity index (χ1n) is 1.23. The molecule has 0 heterocycles. The third-order valence-electron chi connectivity index (χ3n) is 0.155. The summed E-state index contributed by atoms with van der Waals surface area (Å²) in [6.45, 7) is 0. The van der Waals surface area contributed by atoms with Gasteiger partial charge in [-0.05, 0) is 0 Å². The largest absolute Gasteiger partial charge is 0.429 e. The third kappa shape index (κ3) is 11.3. The predicted molar refractivity (Wildman–Crippen MR) is 19.6 cm³/mol. The number of rotatable bonds is 2. The Balaban J connectivity index is 0. The predicted octanol–water partition coefficient (Wildman–Crippen LogP) is -1.00. The molecule has 0 aromatic heterocycles. The SMILES string of the molecule is O=[N+]([O-])OS(=O)(=O)O.[Ni]. The van der Waals surface area contributed by atoms with Crippen LogP contribution in [0.1, 0.15) is 0 Å². The van der Waals surface area contributed by atoms with Crippen LogP contribution < -0.4 is 0 Å². The van der Waals surface area contributed by atoms with Gasteiger partial charge in [-0.3, -0.25) is 4.55 Å². The van der Waals surface area contributed by atoms with Crippen molar-refractivity contribution in [2.75, 3.05) is 0 Å². The van der Waals surface area contributed by atoms with Crippen molar-refractivity contribution in [2.45, 2.75) is 0 Å². The third-order valence-corrected chi connectivity index (χ3v) is 0.465. The fourth-order valence-corrected chi connectivity index (χ4v) is 0.231. The van der Waals surface area contributed by atoms with Gasteiger partial charge in [0.25, 0.3) is 0 Å². The van der Waals surface area contributed by atoms with E-state index >= 15 is 0 Å². The molecular weight excluding hydrogens is 201 g/mol. The average molecular weight is 202 g/mol. The molecule has 0 saturated heterocycles. The zero-order valence-electron chi connectivity index (χ0n) is 3.66. The molecule has 0 rings (SSSR count). The van der Waals surface area contributed by atoms with Gasteiger partial charge in [0.15, 0.2) is 0 Å². The maximum Gasteiger partial charge on any atom is 0.429 e. The van der Waals surface area contributed by atoms with Gasteiger partial charge in [-0.2, -0.15) is 12.7 Å². The molecule has 0 aromatic carbocycles. The normalized spacial score (nSPS) is 9.44. The minimum Gasteiger partial charge on any atom is -0.265 e. The summed E-state index contributed by atoms with van der Waals surface area (Å²) in [7, 11) is -4.92. The van der Waals surface area contributed by atoms with Crippen molar-refractivity contribution in [3.8, 4) is 0 Å². The molecular formula is HNNiO6S. The zero-order chi connectivity index (χ0) is 6.78. The van der Waals surface area contributed by atoms with Gasteiger partial charge in [0.1, 0.15) is 0 Å². The molecule has 9 heteroatoms. The van der Waals surface area contributed by atoms with E-state index in [4.69, 9.17) is 14.7 Å². The van der Waals surface area contributed by atoms with Crippen LogP contribution in [-0.2, 0) is 31.2 Å². The van der Waals surface area contributed by atoms with Crippen LogP contribution >= 0.6 is 0 Å². The minimum absolute atomic E-state index is 0. The Morgan fingerprint density at radius 3 is 1.89 bits per heavy atom. The summed E-state index contributed by atoms with van der Waals surface area (Å²) in [4.78, 5) is 9.06. The average Bonchev–Trinajstić information content (AvgIpc) is 1.21. The Morgan fingerprint density at radius 1 is 1.56 bits per heavy atom. The summed E-state index contributed by atoms with van der Waals surface area (Å²) < 4.78 is 28.9. The van der Waals surface area contributed by atoms with Crippen LogP contribution in [0.5, 0.6) is 0 Å². The van der Waals surface area contributed by atoms with Gasteiger partial charge in [0, 0.05) is 16.5 Å². The smallest absolute Gasteiger partial charge is 0.265 e. The molecule has 0 bridgehead atoms. The summed E-state index contributed by atoms with van der Waals surface area (Å²) in [5.41, 5.74) is 0. The van der Waals surface area contributed by atoms with Gasteiger partial charge in [-0.1, -0.05) is 0 Å². The van der Waals surface area contributed by atoms with E-state index in [1.165, 1.54) is 0 Å². The van der Waals surface area contributed by atoms with Crippen LogP contribution in [-0.4, -0.2) is 18.1 Å².